The van der Waals surface area contributed by atoms with E-state index in [2.05, 4.69) is 0 Å². The minimum atomic E-state index is -1.60. The predicted molar refractivity (Wildman–Crippen MR) is 156 cm³/mol. The minimum Gasteiger partial charge on any atom is -0.394 e. The van der Waals surface area contributed by atoms with Gasteiger partial charge in [-0.15, -0.1) is 0 Å². The molecule has 5 N–H and O–H groups in total. The van der Waals surface area contributed by atoms with Crippen LogP contribution in [0.1, 0.15) is 16.7 Å². The number of hydrogen-bond donors (Lipinski definition) is 5. The minimum absolute atomic E-state index is 0.189. The third-order valence-corrected chi connectivity index (χ3v) is 7.74. The Kier molecular flexibility index (Phi) is 11.8. The average molecular weight is 613 g/mol. The van der Waals surface area contributed by atoms with E-state index in [1.165, 1.54) is 0 Å². The lowest BCUT2D eigenvalue weighted by molar-refractivity contribution is -0.338. The Bertz CT molecular complexity index is 1230. The lowest BCUT2D eigenvalue weighted by Crippen LogP contribution is -2.62. The Morgan fingerprint density at radius 3 is 1.48 bits per heavy atom. The van der Waals surface area contributed by atoms with Crippen molar-refractivity contribution < 1.29 is 54.0 Å². The summed E-state index contributed by atoms with van der Waals surface area (Å²) < 4.78 is 36.4. The fraction of sp³-hybridized carbons (Fsp3) is 0.455. The highest BCUT2D eigenvalue weighted by molar-refractivity contribution is 5.15. The summed E-state index contributed by atoms with van der Waals surface area (Å²) >= 11 is 0. The summed E-state index contributed by atoms with van der Waals surface area (Å²) in [5, 5.41) is 51.6. The first kappa shape index (κ1) is 32.6. The maximum absolute atomic E-state index is 11.2. The molecule has 11 nitrogen and oxygen atoms in total. The van der Waals surface area contributed by atoms with Gasteiger partial charge in [0.2, 0.25) is 0 Å². The molecule has 0 radical (unpaired) electrons. The molecule has 3 aromatic rings. The second-order valence-electron chi connectivity index (χ2n) is 10.9. The van der Waals surface area contributed by atoms with Gasteiger partial charge in [-0.2, -0.15) is 0 Å². The van der Waals surface area contributed by atoms with Crippen LogP contribution in [0.15, 0.2) is 91.0 Å². The smallest absolute Gasteiger partial charge is 0.186 e. The fourth-order valence-electron chi connectivity index (χ4n) is 5.29. The highest BCUT2D eigenvalue weighted by Crippen LogP contribution is 2.31. The lowest BCUT2D eigenvalue weighted by Gasteiger charge is -2.45. The SMILES string of the molecule is OCC1O[C@@H](OCC2O[C@H](O)C(OCc3ccccc3)C(OCc3ccccc3)[C@@H]2OCc2ccccc2)C(O)C(O)[C@@H]1O. The summed E-state index contributed by atoms with van der Waals surface area (Å²) in [7, 11) is 0. The van der Waals surface area contributed by atoms with Gasteiger partial charge in [-0.3, -0.25) is 0 Å². The van der Waals surface area contributed by atoms with Crippen molar-refractivity contribution in [2.45, 2.75) is 81.2 Å². The van der Waals surface area contributed by atoms with Crippen LogP contribution in [0.25, 0.3) is 0 Å². The third-order valence-electron chi connectivity index (χ3n) is 7.74. The van der Waals surface area contributed by atoms with Crippen LogP contribution in [0.5, 0.6) is 0 Å². The van der Waals surface area contributed by atoms with E-state index < -0.39 is 68.0 Å². The maximum Gasteiger partial charge on any atom is 0.186 e. The van der Waals surface area contributed by atoms with Crippen molar-refractivity contribution in [3.8, 4) is 0 Å². The molecule has 2 aliphatic heterocycles. The van der Waals surface area contributed by atoms with Crippen LogP contribution < -0.4 is 0 Å². The van der Waals surface area contributed by atoms with Crippen LogP contribution in [-0.4, -0.2) is 100 Å². The number of ether oxygens (including phenoxy) is 6. The number of rotatable bonds is 13. The molecule has 10 atom stereocenters. The summed E-state index contributed by atoms with van der Waals surface area (Å²) in [6.07, 6.45) is -12.2. The standard InChI is InChI=1S/C33H40O11/c34-16-24-26(35)27(36)28(37)33(44-24)42-20-25-29(39-17-21-10-4-1-5-11-21)30(40-18-22-12-6-2-7-13-22)31(32(38)43-25)41-19-23-14-8-3-9-15-23/h1-15,24-38H,16-20H2/t24?,25?,26-,27?,28?,29-,30?,31?,32+,33-/m1/s1. The Hall–Kier alpha value is -2.78. The van der Waals surface area contributed by atoms with E-state index in [4.69, 9.17) is 28.4 Å². The number of hydrogen-bond acceptors (Lipinski definition) is 11. The molecular weight excluding hydrogens is 572 g/mol. The zero-order valence-electron chi connectivity index (χ0n) is 24.2. The first-order valence-electron chi connectivity index (χ1n) is 14.7. The monoisotopic (exact) mass is 612 g/mol. The van der Waals surface area contributed by atoms with Gasteiger partial charge in [0.15, 0.2) is 12.6 Å². The zero-order valence-corrected chi connectivity index (χ0v) is 24.2. The molecule has 2 fully saturated rings. The second-order valence-corrected chi connectivity index (χ2v) is 10.9. The van der Waals surface area contributed by atoms with Crippen LogP contribution in [0.3, 0.4) is 0 Å². The van der Waals surface area contributed by atoms with Crippen LogP contribution in [-0.2, 0) is 48.2 Å². The topological polar surface area (TPSA) is 157 Å². The van der Waals surface area contributed by atoms with Crippen molar-refractivity contribution in [1.82, 2.24) is 0 Å². The van der Waals surface area contributed by atoms with Gasteiger partial charge in [0.1, 0.15) is 48.8 Å². The summed E-state index contributed by atoms with van der Waals surface area (Å²) in [5.74, 6) is 0. The molecule has 0 amide bonds. The molecule has 0 aromatic heterocycles. The molecule has 6 unspecified atom stereocenters. The first-order valence-corrected chi connectivity index (χ1v) is 14.7. The molecule has 3 aromatic carbocycles. The Balaban J connectivity index is 1.38. The van der Waals surface area contributed by atoms with Gasteiger partial charge >= 0.3 is 0 Å². The zero-order chi connectivity index (χ0) is 30.9. The van der Waals surface area contributed by atoms with E-state index in [1.54, 1.807) is 0 Å². The van der Waals surface area contributed by atoms with Gasteiger partial charge in [-0.25, -0.2) is 0 Å². The third kappa shape index (κ3) is 8.27. The molecule has 0 aliphatic carbocycles. The van der Waals surface area contributed by atoms with E-state index in [9.17, 15) is 25.5 Å². The Morgan fingerprint density at radius 1 is 0.500 bits per heavy atom. The van der Waals surface area contributed by atoms with E-state index in [0.717, 1.165) is 16.7 Å². The molecule has 0 bridgehead atoms. The molecule has 238 valence electrons. The number of aliphatic hydroxyl groups is 5. The molecular formula is C33H40O11. The quantitative estimate of drug-likeness (QED) is 0.190. The average Bonchev–Trinajstić information content (AvgIpc) is 3.06. The van der Waals surface area contributed by atoms with Gasteiger partial charge in [-0.05, 0) is 16.7 Å². The Morgan fingerprint density at radius 2 is 0.977 bits per heavy atom. The van der Waals surface area contributed by atoms with Gasteiger partial charge in [0.05, 0.1) is 33.0 Å². The first-order chi connectivity index (χ1) is 21.4. The molecule has 2 heterocycles. The normalized spacial score (nSPS) is 32.4. The van der Waals surface area contributed by atoms with E-state index >= 15 is 0 Å². The molecule has 11 heteroatoms. The summed E-state index contributed by atoms with van der Waals surface area (Å²) in [6, 6.07) is 28.6. The Labute approximate surface area is 256 Å². The van der Waals surface area contributed by atoms with Gasteiger partial charge in [0.25, 0.3) is 0 Å². The molecule has 2 saturated heterocycles. The van der Waals surface area contributed by atoms with Crippen molar-refractivity contribution in [3.63, 3.8) is 0 Å². The lowest BCUT2D eigenvalue weighted by atomic mass is 9.97. The highest BCUT2D eigenvalue weighted by atomic mass is 16.7. The van der Waals surface area contributed by atoms with E-state index in [1.807, 2.05) is 91.0 Å². The van der Waals surface area contributed by atoms with Gasteiger partial charge < -0.3 is 54.0 Å². The van der Waals surface area contributed by atoms with Crippen molar-refractivity contribution in [1.29, 1.82) is 0 Å². The number of benzene rings is 3. The molecule has 5 rings (SSSR count). The summed E-state index contributed by atoms with van der Waals surface area (Å²) in [6.45, 7) is -0.264. The molecule has 44 heavy (non-hydrogen) atoms. The van der Waals surface area contributed by atoms with Crippen LogP contribution in [0.2, 0.25) is 0 Å². The van der Waals surface area contributed by atoms with Crippen LogP contribution in [0.4, 0.5) is 0 Å². The predicted octanol–water partition coefficient (Wildman–Crippen LogP) is 1.28. The largest absolute Gasteiger partial charge is 0.394 e. The summed E-state index contributed by atoms with van der Waals surface area (Å²) in [4.78, 5) is 0. The van der Waals surface area contributed by atoms with Crippen molar-refractivity contribution in [3.05, 3.63) is 108 Å². The van der Waals surface area contributed by atoms with E-state index in [0.29, 0.717) is 0 Å². The van der Waals surface area contributed by atoms with Crippen LogP contribution in [0, 0.1) is 0 Å². The summed E-state index contributed by atoms with van der Waals surface area (Å²) in [5.41, 5.74) is 2.71. The number of aliphatic hydroxyl groups excluding tert-OH is 5. The fourth-order valence-corrected chi connectivity index (χ4v) is 5.29. The van der Waals surface area contributed by atoms with Crippen LogP contribution >= 0.6 is 0 Å². The second kappa shape index (κ2) is 16.0. The van der Waals surface area contributed by atoms with Crippen molar-refractivity contribution >= 4 is 0 Å². The highest BCUT2D eigenvalue weighted by Gasteiger charge is 2.49. The van der Waals surface area contributed by atoms with Crippen molar-refractivity contribution in [2.24, 2.45) is 0 Å². The van der Waals surface area contributed by atoms with Gasteiger partial charge in [-0.1, -0.05) is 91.0 Å². The molecule has 0 saturated carbocycles. The maximum atomic E-state index is 11.2. The molecule has 2 aliphatic rings. The van der Waals surface area contributed by atoms with E-state index in [-0.39, 0.29) is 26.4 Å². The van der Waals surface area contributed by atoms with Crippen molar-refractivity contribution in [2.75, 3.05) is 13.2 Å². The van der Waals surface area contributed by atoms with Gasteiger partial charge in [0, 0.05) is 0 Å². The molecule has 0 spiro atoms.